The summed E-state index contributed by atoms with van der Waals surface area (Å²) in [4.78, 5) is 0. The fourth-order valence-corrected chi connectivity index (χ4v) is 6.99. The molecule has 1 heteroatoms. The van der Waals surface area contributed by atoms with Gasteiger partial charge in [-0.1, -0.05) is 43.5 Å². The van der Waals surface area contributed by atoms with Crippen molar-refractivity contribution >= 4 is 8.07 Å². The van der Waals surface area contributed by atoms with Crippen LogP contribution in [0.4, 0.5) is 0 Å². The molecule has 0 bridgehead atoms. The molecule has 0 N–H and O–H groups in total. The van der Waals surface area contributed by atoms with Crippen molar-refractivity contribution in [2.45, 2.75) is 58.3 Å². The van der Waals surface area contributed by atoms with Crippen molar-refractivity contribution in [1.82, 2.24) is 0 Å². The summed E-state index contributed by atoms with van der Waals surface area (Å²) in [5.74, 6) is 0. The van der Waals surface area contributed by atoms with Crippen LogP contribution in [-0.4, -0.2) is 8.07 Å². The Morgan fingerprint density at radius 3 is 1.57 bits per heavy atom. The lowest BCUT2D eigenvalue weighted by Crippen LogP contribution is -2.37. The molecule has 0 aromatic heterocycles. The molecule has 0 fully saturated rings. The Labute approximate surface area is 91.1 Å². The van der Waals surface area contributed by atoms with Crippen LogP contribution in [-0.2, 0) is 0 Å². The van der Waals surface area contributed by atoms with Crippen molar-refractivity contribution in [3.05, 3.63) is 24.3 Å². The van der Waals surface area contributed by atoms with Crippen LogP contribution in [0.25, 0.3) is 0 Å². The molecule has 0 aromatic rings. The van der Waals surface area contributed by atoms with Gasteiger partial charge in [0.2, 0.25) is 0 Å². The summed E-state index contributed by atoms with van der Waals surface area (Å²) in [7, 11) is -1.17. The predicted octanol–water partition coefficient (Wildman–Crippen LogP) is 5.02. The van der Waals surface area contributed by atoms with E-state index in [2.05, 4.69) is 47.8 Å². The minimum Gasteiger partial charge on any atom is -0.100 e. The van der Waals surface area contributed by atoms with Crippen molar-refractivity contribution in [2.24, 2.45) is 0 Å². The van der Waals surface area contributed by atoms with Gasteiger partial charge in [-0.15, -0.1) is 13.2 Å². The zero-order chi connectivity index (χ0) is 11.4. The van der Waals surface area contributed by atoms with E-state index >= 15 is 0 Å². The van der Waals surface area contributed by atoms with E-state index in [0.29, 0.717) is 0 Å². The molecule has 0 spiro atoms. The van der Waals surface area contributed by atoms with Gasteiger partial charge >= 0.3 is 0 Å². The molecule has 0 radical (unpaired) electrons. The summed E-state index contributed by atoms with van der Waals surface area (Å²) in [6, 6.07) is 3.90. The highest BCUT2D eigenvalue weighted by Crippen LogP contribution is 2.37. The molecule has 0 atom stereocenters. The van der Waals surface area contributed by atoms with Gasteiger partial charge < -0.3 is 0 Å². The Balaban J connectivity index is 4.77. The highest BCUT2D eigenvalue weighted by molar-refractivity contribution is 6.82. The molecule has 0 nitrogen and oxygen atoms in total. The van der Waals surface area contributed by atoms with Crippen LogP contribution < -0.4 is 0 Å². The highest BCUT2D eigenvalue weighted by atomic mass is 28.3. The average Bonchev–Trinajstić information content (AvgIpc) is 2.00. The van der Waals surface area contributed by atoms with Gasteiger partial charge in [-0.25, -0.2) is 0 Å². The van der Waals surface area contributed by atoms with Crippen LogP contribution in [0.2, 0.25) is 23.7 Å². The smallest absolute Gasteiger partial charge is 0.0638 e. The SMILES string of the molecule is C=C(C)C[Si](CC)(CC(=C)C)C(C)C. The maximum atomic E-state index is 4.08. The topological polar surface area (TPSA) is 0 Å². The van der Waals surface area contributed by atoms with E-state index in [1.165, 1.54) is 29.3 Å². The minimum atomic E-state index is -1.17. The normalized spacial score (nSPS) is 11.9. The summed E-state index contributed by atoms with van der Waals surface area (Å²) in [6.07, 6.45) is 0. The second-order valence-electron chi connectivity index (χ2n) is 5.14. The molecule has 0 saturated carbocycles. The lowest BCUT2D eigenvalue weighted by Gasteiger charge is -2.35. The lowest BCUT2D eigenvalue weighted by atomic mass is 10.4. The van der Waals surface area contributed by atoms with Crippen LogP contribution in [0.5, 0.6) is 0 Å². The van der Waals surface area contributed by atoms with Crippen molar-refractivity contribution in [3.8, 4) is 0 Å². The largest absolute Gasteiger partial charge is 0.100 e. The molecular formula is C13H26Si. The first-order chi connectivity index (χ1) is 6.34. The summed E-state index contributed by atoms with van der Waals surface area (Å²) in [6.45, 7) is 19.6. The van der Waals surface area contributed by atoms with Crippen LogP contribution in [0.3, 0.4) is 0 Å². The molecule has 0 amide bonds. The molecule has 14 heavy (non-hydrogen) atoms. The molecule has 0 rings (SSSR count). The van der Waals surface area contributed by atoms with Crippen LogP contribution in [0.1, 0.15) is 34.6 Å². The number of allylic oxidation sites excluding steroid dienone is 2. The Morgan fingerprint density at radius 1 is 1.07 bits per heavy atom. The fourth-order valence-electron chi connectivity index (χ4n) is 2.33. The number of hydrogen-bond donors (Lipinski definition) is 0. The van der Waals surface area contributed by atoms with Gasteiger partial charge in [0.1, 0.15) is 0 Å². The third-order valence-electron chi connectivity index (χ3n) is 3.24. The third-order valence-corrected chi connectivity index (χ3v) is 9.71. The molecule has 0 aliphatic heterocycles. The quantitative estimate of drug-likeness (QED) is 0.427. The van der Waals surface area contributed by atoms with E-state index < -0.39 is 8.07 Å². The summed E-state index contributed by atoms with van der Waals surface area (Å²) in [5.41, 5.74) is 3.54. The summed E-state index contributed by atoms with van der Waals surface area (Å²) in [5, 5.41) is 0. The van der Waals surface area contributed by atoms with Gasteiger partial charge in [-0.05, 0) is 25.9 Å². The van der Waals surface area contributed by atoms with Gasteiger partial charge in [0.15, 0.2) is 0 Å². The minimum absolute atomic E-state index is 0.834. The van der Waals surface area contributed by atoms with Gasteiger partial charge in [0.05, 0.1) is 8.07 Å². The van der Waals surface area contributed by atoms with E-state index in [9.17, 15) is 0 Å². The predicted molar refractivity (Wildman–Crippen MR) is 70.6 cm³/mol. The Hall–Kier alpha value is -0.303. The summed E-state index contributed by atoms with van der Waals surface area (Å²) >= 11 is 0. The first kappa shape index (κ1) is 13.7. The van der Waals surface area contributed by atoms with Gasteiger partial charge in [-0.2, -0.15) is 0 Å². The monoisotopic (exact) mass is 210 g/mol. The van der Waals surface area contributed by atoms with Crippen molar-refractivity contribution in [3.63, 3.8) is 0 Å². The van der Waals surface area contributed by atoms with Gasteiger partial charge in [0.25, 0.3) is 0 Å². The van der Waals surface area contributed by atoms with Crippen molar-refractivity contribution < 1.29 is 0 Å². The maximum Gasteiger partial charge on any atom is 0.0638 e. The van der Waals surface area contributed by atoms with Gasteiger partial charge in [-0.3, -0.25) is 0 Å². The zero-order valence-corrected chi connectivity index (χ0v) is 11.6. The highest BCUT2D eigenvalue weighted by Gasteiger charge is 2.33. The van der Waals surface area contributed by atoms with Crippen molar-refractivity contribution in [1.29, 1.82) is 0 Å². The van der Waals surface area contributed by atoms with Crippen LogP contribution in [0, 0.1) is 0 Å². The standard InChI is InChI=1S/C13H26Si/c1-8-14(13(6)7,9-11(2)3)10-12(4)5/h13H,2,4,8-10H2,1,3,5-7H3. The molecule has 0 aliphatic carbocycles. The molecule has 0 unspecified atom stereocenters. The van der Waals surface area contributed by atoms with E-state index in [4.69, 9.17) is 0 Å². The van der Waals surface area contributed by atoms with E-state index in [1.54, 1.807) is 0 Å². The molecular weight excluding hydrogens is 184 g/mol. The third kappa shape index (κ3) is 3.83. The molecule has 0 aliphatic rings. The van der Waals surface area contributed by atoms with Crippen LogP contribution >= 0.6 is 0 Å². The second kappa shape index (κ2) is 5.55. The van der Waals surface area contributed by atoms with E-state index in [0.717, 1.165) is 5.54 Å². The molecule has 82 valence electrons. The zero-order valence-electron chi connectivity index (χ0n) is 10.6. The van der Waals surface area contributed by atoms with Gasteiger partial charge in [0, 0.05) is 0 Å². The molecule has 0 saturated heterocycles. The van der Waals surface area contributed by atoms with Crippen LogP contribution in [0.15, 0.2) is 24.3 Å². The second-order valence-corrected chi connectivity index (χ2v) is 10.4. The van der Waals surface area contributed by atoms with E-state index in [1.807, 2.05) is 0 Å². The fraction of sp³-hybridized carbons (Fsp3) is 0.692. The summed E-state index contributed by atoms with van der Waals surface area (Å²) < 4.78 is 0. The Bertz CT molecular complexity index is 197. The van der Waals surface area contributed by atoms with Crippen molar-refractivity contribution in [2.75, 3.05) is 0 Å². The number of rotatable bonds is 6. The molecule has 0 aromatic carbocycles. The Morgan fingerprint density at radius 2 is 1.43 bits per heavy atom. The lowest BCUT2D eigenvalue weighted by molar-refractivity contribution is 0.949. The van der Waals surface area contributed by atoms with E-state index in [-0.39, 0.29) is 0 Å². The first-order valence-electron chi connectivity index (χ1n) is 5.63. The average molecular weight is 210 g/mol. The Kier molecular flexibility index (Phi) is 5.43. The first-order valence-corrected chi connectivity index (χ1v) is 8.32. The number of hydrogen-bond acceptors (Lipinski definition) is 0. The molecule has 0 heterocycles. The maximum absolute atomic E-state index is 4.08.